The van der Waals surface area contributed by atoms with Gasteiger partial charge in [-0.15, -0.1) is 0 Å². The van der Waals surface area contributed by atoms with Crippen molar-refractivity contribution < 1.29 is 19.1 Å². The molecular weight excluding hydrogens is 272 g/mol. The van der Waals surface area contributed by atoms with Crippen LogP contribution in [0, 0.1) is 11.8 Å². The number of hydrogen-bond donors (Lipinski definition) is 1. The molecule has 1 aliphatic carbocycles. The van der Waals surface area contributed by atoms with Crippen molar-refractivity contribution in [2.24, 2.45) is 17.6 Å². The second-order valence-electron chi connectivity index (χ2n) is 5.51. The van der Waals surface area contributed by atoms with E-state index >= 15 is 0 Å². The molecule has 0 aromatic heterocycles. The Kier molecular flexibility index (Phi) is 8.30. The molecule has 0 spiro atoms. The smallest absolute Gasteiger partial charge is 0.325 e. The van der Waals surface area contributed by atoms with Crippen molar-refractivity contribution >= 4 is 11.9 Å². The number of hydrogen-bond acceptors (Lipinski definition) is 5. The zero-order chi connectivity index (χ0) is 15.7. The summed E-state index contributed by atoms with van der Waals surface area (Å²) in [5.74, 6) is 0.207. The summed E-state index contributed by atoms with van der Waals surface area (Å²) in [5, 5.41) is 0. The number of carbonyl (C=O) groups excluding carboxylic acids is 2. The van der Waals surface area contributed by atoms with Crippen molar-refractivity contribution in [3.63, 3.8) is 0 Å². The van der Waals surface area contributed by atoms with E-state index in [1.54, 1.807) is 18.9 Å². The third-order valence-corrected chi connectivity index (χ3v) is 4.03. The van der Waals surface area contributed by atoms with Gasteiger partial charge in [0.15, 0.2) is 0 Å². The van der Waals surface area contributed by atoms with Crippen LogP contribution in [0.1, 0.15) is 32.6 Å². The summed E-state index contributed by atoms with van der Waals surface area (Å²) in [6.45, 7) is 3.62. The topological polar surface area (TPSA) is 81.9 Å². The van der Waals surface area contributed by atoms with Gasteiger partial charge in [0.25, 0.3) is 0 Å². The van der Waals surface area contributed by atoms with E-state index in [1.807, 2.05) is 0 Å². The zero-order valence-corrected chi connectivity index (χ0v) is 13.2. The minimum absolute atomic E-state index is 0.000849. The van der Waals surface area contributed by atoms with Crippen LogP contribution in [-0.2, 0) is 19.1 Å². The Balaban J connectivity index is 2.55. The highest BCUT2D eigenvalue weighted by Crippen LogP contribution is 2.29. The van der Waals surface area contributed by atoms with Gasteiger partial charge < -0.3 is 20.1 Å². The van der Waals surface area contributed by atoms with E-state index in [2.05, 4.69) is 0 Å². The van der Waals surface area contributed by atoms with Crippen LogP contribution in [0.5, 0.6) is 0 Å². The van der Waals surface area contributed by atoms with Crippen molar-refractivity contribution in [1.29, 1.82) is 0 Å². The summed E-state index contributed by atoms with van der Waals surface area (Å²) in [6, 6.07) is 0. The van der Waals surface area contributed by atoms with Gasteiger partial charge >= 0.3 is 5.97 Å². The summed E-state index contributed by atoms with van der Waals surface area (Å²) < 4.78 is 9.96. The number of ether oxygens (including phenoxy) is 2. The van der Waals surface area contributed by atoms with E-state index in [4.69, 9.17) is 15.2 Å². The van der Waals surface area contributed by atoms with Gasteiger partial charge in [-0.25, -0.2) is 0 Å². The SMILES string of the molecule is CCOC(=O)CN(CCOC)C(=O)C1CCC(CN)CC1. The number of methoxy groups -OCH3 is 1. The Bertz CT molecular complexity index is 328. The molecule has 1 rings (SSSR count). The van der Waals surface area contributed by atoms with E-state index in [1.165, 1.54) is 0 Å². The molecule has 0 aliphatic heterocycles. The third kappa shape index (κ3) is 6.01. The molecule has 122 valence electrons. The summed E-state index contributed by atoms with van der Waals surface area (Å²) in [5.41, 5.74) is 5.68. The fraction of sp³-hybridized carbons (Fsp3) is 0.867. The standard InChI is InChI=1S/C15H28N2O4/c1-3-21-14(18)11-17(8-9-20-2)15(19)13-6-4-12(10-16)5-7-13/h12-13H,3-11,16H2,1-2H3. The molecule has 0 atom stereocenters. The first-order valence-corrected chi connectivity index (χ1v) is 7.75. The van der Waals surface area contributed by atoms with Crippen molar-refractivity contribution in [3.05, 3.63) is 0 Å². The number of rotatable bonds is 8. The van der Waals surface area contributed by atoms with Gasteiger partial charge in [-0.1, -0.05) is 0 Å². The molecule has 2 N–H and O–H groups in total. The monoisotopic (exact) mass is 300 g/mol. The molecule has 0 radical (unpaired) electrons. The second kappa shape index (κ2) is 9.73. The summed E-state index contributed by atoms with van der Waals surface area (Å²) in [7, 11) is 1.58. The number of esters is 1. The van der Waals surface area contributed by atoms with Crippen molar-refractivity contribution in [2.45, 2.75) is 32.6 Å². The van der Waals surface area contributed by atoms with E-state index in [-0.39, 0.29) is 24.3 Å². The number of nitrogens with two attached hydrogens (primary N) is 1. The van der Waals surface area contributed by atoms with Crippen LogP contribution in [0.4, 0.5) is 0 Å². The molecule has 6 nitrogen and oxygen atoms in total. The van der Waals surface area contributed by atoms with Crippen LogP contribution in [0.3, 0.4) is 0 Å². The first kappa shape index (κ1) is 17.9. The molecule has 0 unspecified atom stereocenters. The van der Waals surface area contributed by atoms with Crippen LogP contribution in [0.25, 0.3) is 0 Å². The highest BCUT2D eigenvalue weighted by atomic mass is 16.5. The average Bonchev–Trinajstić information content (AvgIpc) is 2.51. The number of carbonyl (C=O) groups is 2. The molecule has 0 aromatic rings. The lowest BCUT2D eigenvalue weighted by atomic mass is 9.81. The van der Waals surface area contributed by atoms with Crippen molar-refractivity contribution in [1.82, 2.24) is 4.90 Å². The lowest BCUT2D eigenvalue weighted by molar-refractivity contribution is -0.151. The first-order chi connectivity index (χ1) is 10.1. The molecule has 0 bridgehead atoms. The molecule has 0 aromatic carbocycles. The minimum atomic E-state index is -0.363. The number of amides is 1. The molecule has 1 aliphatic rings. The maximum Gasteiger partial charge on any atom is 0.325 e. The Morgan fingerprint density at radius 3 is 2.43 bits per heavy atom. The maximum absolute atomic E-state index is 12.6. The Morgan fingerprint density at radius 1 is 1.24 bits per heavy atom. The van der Waals surface area contributed by atoms with Gasteiger partial charge in [-0.05, 0) is 45.1 Å². The summed E-state index contributed by atoms with van der Waals surface area (Å²) in [6.07, 6.45) is 3.69. The molecule has 0 heterocycles. The summed E-state index contributed by atoms with van der Waals surface area (Å²) in [4.78, 5) is 25.8. The van der Waals surface area contributed by atoms with Gasteiger partial charge in [0.05, 0.1) is 13.2 Å². The second-order valence-corrected chi connectivity index (χ2v) is 5.51. The fourth-order valence-corrected chi connectivity index (χ4v) is 2.73. The van der Waals surface area contributed by atoms with Gasteiger partial charge in [0.1, 0.15) is 6.54 Å². The van der Waals surface area contributed by atoms with Crippen LogP contribution >= 0.6 is 0 Å². The first-order valence-electron chi connectivity index (χ1n) is 7.75. The van der Waals surface area contributed by atoms with Crippen molar-refractivity contribution in [2.75, 3.05) is 40.0 Å². The number of nitrogens with zero attached hydrogens (tertiary/aromatic N) is 1. The predicted molar refractivity (Wildman–Crippen MR) is 79.6 cm³/mol. The molecular formula is C15H28N2O4. The zero-order valence-electron chi connectivity index (χ0n) is 13.2. The van der Waals surface area contributed by atoms with E-state index in [0.29, 0.717) is 32.2 Å². The van der Waals surface area contributed by atoms with E-state index < -0.39 is 0 Å². The van der Waals surface area contributed by atoms with E-state index in [9.17, 15) is 9.59 Å². The molecule has 1 saturated carbocycles. The van der Waals surface area contributed by atoms with Crippen LogP contribution in [-0.4, -0.2) is 56.7 Å². The third-order valence-electron chi connectivity index (χ3n) is 4.03. The Hall–Kier alpha value is -1.14. The molecule has 6 heteroatoms. The highest BCUT2D eigenvalue weighted by molar-refractivity contribution is 5.83. The van der Waals surface area contributed by atoms with E-state index in [0.717, 1.165) is 25.7 Å². The molecule has 1 amide bonds. The van der Waals surface area contributed by atoms with Gasteiger partial charge in [0, 0.05) is 19.6 Å². The quantitative estimate of drug-likeness (QED) is 0.670. The molecule has 0 saturated heterocycles. The van der Waals surface area contributed by atoms with Gasteiger partial charge in [0.2, 0.25) is 5.91 Å². The van der Waals surface area contributed by atoms with Gasteiger partial charge in [-0.3, -0.25) is 9.59 Å². The van der Waals surface area contributed by atoms with Crippen LogP contribution in [0.2, 0.25) is 0 Å². The van der Waals surface area contributed by atoms with Crippen LogP contribution in [0.15, 0.2) is 0 Å². The highest BCUT2D eigenvalue weighted by Gasteiger charge is 2.30. The lowest BCUT2D eigenvalue weighted by Gasteiger charge is -2.31. The normalized spacial score (nSPS) is 21.9. The average molecular weight is 300 g/mol. The largest absolute Gasteiger partial charge is 0.465 e. The molecule has 21 heavy (non-hydrogen) atoms. The Labute approximate surface area is 126 Å². The fourth-order valence-electron chi connectivity index (χ4n) is 2.73. The van der Waals surface area contributed by atoms with Crippen LogP contribution < -0.4 is 5.73 Å². The lowest BCUT2D eigenvalue weighted by Crippen LogP contribution is -2.43. The minimum Gasteiger partial charge on any atom is -0.465 e. The molecule has 1 fully saturated rings. The maximum atomic E-state index is 12.6. The summed E-state index contributed by atoms with van der Waals surface area (Å²) >= 11 is 0. The predicted octanol–water partition coefficient (Wildman–Crippen LogP) is 0.790. The Morgan fingerprint density at radius 2 is 1.90 bits per heavy atom. The van der Waals surface area contributed by atoms with Gasteiger partial charge in [-0.2, -0.15) is 0 Å². The van der Waals surface area contributed by atoms with Crippen molar-refractivity contribution in [3.8, 4) is 0 Å².